The van der Waals surface area contributed by atoms with Gasteiger partial charge >= 0.3 is 0 Å². The van der Waals surface area contributed by atoms with Crippen molar-refractivity contribution in [2.75, 3.05) is 5.32 Å². The fraction of sp³-hybridized carbons (Fsp3) is 0.286. The number of carbonyl (C=O) groups is 2. The van der Waals surface area contributed by atoms with Crippen LogP contribution in [0, 0.1) is 9.87 Å². The zero-order valence-electron chi connectivity index (χ0n) is 16.8. The van der Waals surface area contributed by atoms with Gasteiger partial charge in [-0.1, -0.05) is 31.3 Å². The molecule has 0 aliphatic carbocycles. The minimum absolute atomic E-state index is 0.0687. The van der Waals surface area contributed by atoms with Crippen LogP contribution in [0.3, 0.4) is 0 Å². The number of carbonyl (C=O) groups excluding carboxylic acids is 2. The number of rotatable bonds is 8. The number of anilines is 1. The quantitative estimate of drug-likeness (QED) is 0.323. The minimum Gasteiger partial charge on any atom is -0.326 e. The molecule has 0 radical (unpaired) electrons. The molecule has 0 saturated heterocycles. The zero-order valence-corrected chi connectivity index (χ0v) is 18.4. The average Bonchev–Trinajstić information content (AvgIpc) is 3.00. The minimum atomic E-state index is -0.301. The maximum atomic E-state index is 12.8. The Kier molecular flexibility index (Phi) is 6.73. The van der Waals surface area contributed by atoms with Crippen molar-refractivity contribution in [3.63, 3.8) is 0 Å². The number of hydrogen-bond donors (Lipinski definition) is 1. The molecule has 0 atom stereocenters. The molecule has 0 saturated carbocycles. The Morgan fingerprint density at radius 1 is 1.30 bits per heavy atom. The Balaban J connectivity index is 1.77. The SMILES string of the molecule is C=CCn1c(=S)sc2c(=O)n(CC(=O)c3ccc(NC(=O)CC(C)C)cc3)cnc21. The summed E-state index contributed by atoms with van der Waals surface area (Å²) < 4.78 is 3.98. The van der Waals surface area contributed by atoms with Gasteiger partial charge in [0.1, 0.15) is 11.0 Å². The summed E-state index contributed by atoms with van der Waals surface area (Å²) in [5, 5.41) is 2.80. The van der Waals surface area contributed by atoms with E-state index in [1.165, 1.54) is 22.2 Å². The van der Waals surface area contributed by atoms with Gasteiger partial charge in [-0.25, -0.2) is 4.98 Å². The van der Waals surface area contributed by atoms with Crippen LogP contribution in [0.25, 0.3) is 10.3 Å². The van der Waals surface area contributed by atoms with Crippen LogP contribution in [0.1, 0.15) is 30.6 Å². The maximum absolute atomic E-state index is 12.8. The highest BCUT2D eigenvalue weighted by molar-refractivity contribution is 7.73. The van der Waals surface area contributed by atoms with Gasteiger partial charge in [0.05, 0.1) is 6.54 Å². The first kappa shape index (κ1) is 21.8. The normalized spacial score (nSPS) is 11.0. The number of aromatic nitrogens is 3. The third-order valence-corrected chi connectivity index (χ3v) is 5.78. The molecule has 0 unspecified atom stereocenters. The van der Waals surface area contributed by atoms with E-state index in [1.807, 2.05) is 13.8 Å². The largest absolute Gasteiger partial charge is 0.326 e. The lowest BCUT2D eigenvalue weighted by Crippen LogP contribution is -2.24. The van der Waals surface area contributed by atoms with Crippen LogP contribution in [-0.4, -0.2) is 25.8 Å². The predicted molar refractivity (Wildman–Crippen MR) is 122 cm³/mol. The number of nitrogens with one attached hydrogen (secondary N) is 1. The van der Waals surface area contributed by atoms with Crippen LogP contribution in [0.5, 0.6) is 0 Å². The van der Waals surface area contributed by atoms with E-state index in [-0.39, 0.29) is 29.7 Å². The molecular formula is C21H22N4O3S2. The van der Waals surface area contributed by atoms with Crippen molar-refractivity contribution in [2.45, 2.75) is 33.4 Å². The Morgan fingerprint density at radius 3 is 2.63 bits per heavy atom. The number of Topliss-reactive ketones (excluding diaryl/α,β-unsaturated/α-hetero) is 1. The van der Waals surface area contributed by atoms with Gasteiger partial charge in [-0.15, -0.1) is 6.58 Å². The van der Waals surface area contributed by atoms with Gasteiger partial charge < -0.3 is 9.88 Å². The summed E-state index contributed by atoms with van der Waals surface area (Å²) in [5.41, 5.74) is 1.27. The van der Waals surface area contributed by atoms with E-state index in [0.29, 0.717) is 38.5 Å². The van der Waals surface area contributed by atoms with Gasteiger partial charge in [0.15, 0.2) is 15.4 Å². The van der Waals surface area contributed by atoms with Crippen LogP contribution < -0.4 is 10.9 Å². The van der Waals surface area contributed by atoms with Gasteiger partial charge in [-0.2, -0.15) is 0 Å². The van der Waals surface area contributed by atoms with Crippen molar-refractivity contribution < 1.29 is 9.59 Å². The van der Waals surface area contributed by atoms with Crippen LogP contribution in [0.15, 0.2) is 48.0 Å². The smallest absolute Gasteiger partial charge is 0.273 e. The van der Waals surface area contributed by atoms with E-state index < -0.39 is 0 Å². The lowest BCUT2D eigenvalue weighted by atomic mass is 10.1. The summed E-state index contributed by atoms with van der Waals surface area (Å²) in [6.45, 7) is 7.97. The van der Waals surface area contributed by atoms with Crippen LogP contribution in [-0.2, 0) is 17.9 Å². The first-order chi connectivity index (χ1) is 14.3. The van der Waals surface area contributed by atoms with E-state index in [2.05, 4.69) is 16.9 Å². The van der Waals surface area contributed by atoms with Crippen molar-refractivity contribution in [3.8, 4) is 0 Å². The first-order valence-electron chi connectivity index (χ1n) is 9.43. The van der Waals surface area contributed by atoms with Gasteiger partial charge in [0.2, 0.25) is 5.91 Å². The van der Waals surface area contributed by atoms with Crippen molar-refractivity contribution in [3.05, 3.63) is 63.1 Å². The summed E-state index contributed by atoms with van der Waals surface area (Å²) in [7, 11) is 0. The molecule has 2 aromatic heterocycles. The standard InChI is InChI=1S/C21H22N4O3S2/c1-4-9-25-19-18(30-21(25)29)20(28)24(12-22-19)11-16(26)14-5-7-15(8-6-14)23-17(27)10-13(2)3/h4-8,12-13H,1,9-11H2,2-3H3,(H,23,27). The zero-order chi connectivity index (χ0) is 21.8. The highest BCUT2D eigenvalue weighted by Crippen LogP contribution is 2.18. The second-order valence-electron chi connectivity index (χ2n) is 7.24. The second kappa shape index (κ2) is 9.27. The molecule has 156 valence electrons. The molecule has 30 heavy (non-hydrogen) atoms. The predicted octanol–water partition coefficient (Wildman–Crippen LogP) is 4.04. The van der Waals surface area contributed by atoms with Gasteiger partial charge in [-0.05, 0) is 42.4 Å². The molecule has 0 spiro atoms. The molecule has 2 heterocycles. The third-order valence-electron chi connectivity index (χ3n) is 4.35. The van der Waals surface area contributed by atoms with E-state index in [9.17, 15) is 14.4 Å². The molecule has 3 aromatic rings. The molecule has 3 rings (SSSR count). The van der Waals surface area contributed by atoms with E-state index in [0.717, 1.165) is 0 Å². The fourth-order valence-corrected chi connectivity index (χ4v) is 4.26. The monoisotopic (exact) mass is 442 g/mol. The van der Waals surface area contributed by atoms with Crippen LogP contribution in [0.4, 0.5) is 5.69 Å². The van der Waals surface area contributed by atoms with Gasteiger partial charge in [-0.3, -0.25) is 19.0 Å². The molecule has 0 aliphatic rings. The fourth-order valence-electron chi connectivity index (χ4n) is 2.94. The summed E-state index contributed by atoms with van der Waals surface area (Å²) in [6.07, 6.45) is 3.48. The topological polar surface area (TPSA) is 86.0 Å². The number of benzene rings is 1. The van der Waals surface area contributed by atoms with Gasteiger partial charge in [0.25, 0.3) is 5.56 Å². The van der Waals surface area contributed by atoms with E-state index in [4.69, 9.17) is 12.2 Å². The Hall–Kier alpha value is -2.91. The second-order valence-corrected chi connectivity index (χ2v) is 8.89. The average molecular weight is 443 g/mol. The molecule has 7 nitrogen and oxygen atoms in total. The summed E-state index contributed by atoms with van der Waals surface area (Å²) in [5.74, 6) is -0.0327. The molecule has 0 fully saturated rings. The lowest BCUT2D eigenvalue weighted by Gasteiger charge is -2.08. The maximum Gasteiger partial charge on any atom is 0.273 e. The molecule has 0 bridgehead atoms. The number of amides is 1. The lowest BCUT2D eigenvalue weighted by molar-refractivity contribution is -0.116. The number of thiazole rings is 1. The summed E-state index contributed by atoms with van der Waals surface area (Å²) in [6, 6.07) is 6.62. The number of hydrogen-bond acceptors (Lipinski definition) is 6. The molecule has 1 N–H and O–H groups in total. The van der Waals surface area contributed by atoms with Crippen molar-refractivity contribution >= 4 is 51.3 Å². The number of ketones is 1. The van der Waals surface area contributed by atoms with Crippen LogP contribution in [0.2, 0.25) is 0 Å². The number of allylic oxidation sites excluding steroid dienone is 1. The third kappa shape index (κ3) is 4.80. The number of nitrogens with zero attached hydrogens (tertiary/aromatic N) is 3. The van der Waals surface area contributed by atoms with Crippen molar-refractivity contribution in [1.29, 1.82) is 0 Å². The number of fused-ring (bicyclic) bond motifs is 1. The molecule has 1 aromatic carbocycles. The summed E-state index contributed by atoms with van der Waals surface area (Å²) in [4.78, 5) is 41.6. The first-order valence-corrected chi connectivity index (χ1v) is 10.7. The van der Waals surface area contributed by atoms with Crippen molar-refractivity contribution in [2.24, 2.45) is 5.92 Å². The van der Waals surface area contributed by atoms with E-state index in [1.54, 1.807) is 34.9 Å². The Morgan fingerprint density at radius 2 is 2.00 bits per heavy atom. The van der Waals surface area contributed by atoms with Gasteiger partial charge in [0, 0.05) is 24.2 Å². The van der Waals surface area contributed by atoms with E-state index >= 15 is 0 Å². The van der Waals surface area contributed by atoms with Crippen LogP contribution >= 0.6 is 23.6 Å². The summed E-state index contributed by atoms with van der Waals surface area (Å²) >= 11 is 6.48. The molecule has 1 amide bonds. The molecule has 0 aliphatic heterocycles. The van der Waals surface area contributed by atoms with Crippen molar-refractivity contribution in [1.82, 2.24) is 14.1 Å². The highest BCUT2D eigenvalue weighted by atomic mass is 32.1. The Bertz CT molecular complexity index is 1220. The molecular weight excluding hydrogens is 420 g/mol. The Labute approximate surface area is 182 Å². The molecule has 9 heteroatoms. The highest BCUT2D eigenvalue weighted by Gasteiger charge is 2.14.